The van der Waals surface area contributed by atoms with Gasteiger partial charge in [0.15, 0.2) is 0 Å². The third-order valence-corrected chi connectivity index (χ3v) is 7.44. The van der Waals surface area contributed by atoms with Crippen LogP contribution in [0.3, 0.4) is 0 Å². The van der Waals surface area contributed by atoms with Gasteiger partial charge in [-0.25, -0.2) is 19.3 Å². The summed E-state index contributed by atoms with van der Waals surface area (Å²) in [6, 6.07) is 7.13. The number of methoxy groups -OCH3 is 1. The first-order chi connectivity index (χ1) is 18.0. The average Bonchev–Trinajstić information content (AvgIpc) is 3.30. The molecule has 0 saturated carbocycles. The monoisotopic (exact) mass is 529 g/mol. The van der Waals surface area contributed by atoms with Crippen LogP contribution < -0.4 is 10.1 Å². The van der Waals surface area contributed by atoms with E-state index in [9.17, 15) is 22.4 Å². The van der Waals surface area contributed by atoms with Crippen molar-refractivity contribution >= 4 is 11.7 Å². The van der Waals surface area contributed by atoms with Crippen molar-refractivity contribution < 1.29 is 27.1 Å². The highest BCUT2D eigenvalue weighted by molar-refractivity contribution is 5.84. The van der Waals surface area contributed by atoms with Gasteiger partial charge in [-0.15, -0.1) is 0 Å². The highest BCUT2D eigenvalue weighted by Gasteiger charge is 2.43. The number of aromatic nitrogens is 3. The van der Waals surface area contributed by atoms with Gasteiger partial charge >= 0.3 is 6.18 Å². The Morgan fingerprint density at radius 1 is 1.21 bits per heavy atom. The number of hydrogen-bond donors (Lipinski definition) is 1. The first kappa shape index (κ1) is 25.9. The van der Waals surface area contributed by atoms with E-state index in [1.165, 1.54) is 19.2 Å². The van der Waals surface area contributed by atoms with Crippen LogP contribution in [-0.2, 0) is 17.4 Å². The molecule has 38 heavy (non-hydrogen) atoms. The second-order valence-corrected chi connectivity index (χ2v) is 9.92. The highest BCUT2D eigenvalue weighted by Crippen LogP contribution is 2.39. The van der Waals surface area contributed by atoms with E-state index in [-0.39, 0.29) is 28.6 Å². The number of anilines is 1. The Balaban J connectivity index is 1.34. The molecule has 2 aliphatic rings. The van der Waals surface area contributed by atoms with Crippen molar-refractivity contribution in [3.8, 4) is 17.1 Å². The van der Waals surface area contributed by atoms with Gasteiger partial charge in [0.1, 0.15) is 17.3 Å². The van der Waals surface area contributed by atoms with Crippen molar-refractivity contribution in [3.05, 3.63) is 64.9 Å². The molecular weight excluding hydrogens is 502 g/mol. The number of pyridine rings is 3. The molecule has 1 spiro atoms. The zero-order valence-corrected chi connectivity index (χ0v) is 21.2. The number of carbonyl (C=O) groups excluding carboxylic acids is 1. The van der Waals surface area contributed by atoms with Crippen LogP contribution in [0.2, 0.25) is 0 Å². The maximum absolute atomic E-state index is 14.4. The Labute approximate surface area is 217 Å². The molecule has 0 aliphatic carbocycles. The van der Waals surface area contributed by atoms with E-state index in [1.54, 1.807) is 24.8 Å². The van der Waals surface area contributed by atoms with Crippen molar-refractivity contribution in [1.29, 1.82) is 0 Å². The fourth-order valence-electron chi connectivity index (χ4n) is 5.29. The molecule has 1 saturated heterocycles. The Kier molecular flexibility index (Phi) is 6.48. The van der Waals surface area contributed by atoms with Gasteiger partial charge < -0.3 is 15.0 Å². The summed E-state index contributed by atoms with van der Waals surface area (Å²) in [5.41, 5.74) is 1.13. The summed E-state index contributed by atoms with van der Waals surface area (Å²) >= 11 is 0. The number of fused-ring (bicyclic) bond motifs is 1. The second kappa shape index (κ2) is 9.52. The molecule has 2 aliphatic heterocycles. The third-order valence-electron chi connectivity index (χ3n) is 7.44. The largest absolute Gasteiger partial charge is 0.481 e. The molecule has 5 heterocycles. The molecule has 7 nitrogen and oxygen atoms in total. The molecule has 5 rings (SSSR count). The molecule has 2 atom stereocenters. The van der Waals surface area contributed by atoms with E-state index in [0.717, 1.165) is 24.2 Å². The molecule has 0 bridgehead atoms. The lowest BCUT2D eigenvalue weighted by molar-refractivity contribution is -0.141. The van der Waals surface area contributed by atoms with Gasteiger partial charge in [0.05, 0.1) is 30.5 Å². The molecule has 0 radical (unpaired) electrons. The van der Waals surface area contributed by atoms with Crippen molar-refractivity contribution in [2.75, 3.05) is 25.5 Å². The molecule has 0 aromatic carbocycles. The lowest BCUT2D eigenvalue weighted by Gasteiger charge is -2.36. The maximum atomic E-state index is 14.4. The van der Waals surface area contributed by atoms with E-state index in [2.05, 4.69) is 20.3 Å². The predicted molar refractivity (Wildman–Crippen MR) is 132 cm³/mol. The number of likely N-dealkylation sites (tertiary alicyclic amines) is 1. The SMILES string of the molecule is COc1cc([C@@H](C)C(=O)N2CC[C@@]3(CCc4cc(-c5cccc(C(F)(F)F)n5)c(C)nc4N3)C2)c(F)cn1. The minimum atomic E-state index is -4.53. The van der Waals surface area contributed by atoms with Crippen molar-refractivity contribution in [3.63, 3.8) is 0 Å². The van der Waals surface area contributed by atoms with Crippen molar-refractivity contribution in [2.45, 2.75) is 50.7 Å². The number of halogens is 4. The highest BCUT2D eigenvalue weighted by atomic mass is 19.4. The Hall–Kier alpha value is -3.76. The summed E-state index contributed by atoms with van der Waals surface area (Å²) in [5, 5.41) is 3.51. The summed E-state index contributed by atoms with van der Waals surface area (Å²) in [6.45, 7) is 4.37. The van der Waals surface area contributed by atoms with Crippen molar-refractivity contribution in [2.24, 2.45) is 0 Å². The lowest BCUT2D eigenvalue weighted by Crippen LogP contribution is -2.46. The van der Waals surface area contributed by atoms with Crippen LogP contribution in [0, 0.1) is 12.7 Å². The molecule has 1 N–H and O–H groups in total. The van der Waals surface area contributed by atoms with Gasteiger partial charge in [-0.3, -0.25) is 4.79 Å². The van der Waals surface area contributed by atoms with Gasteiger partial charge in [-0.2, -0.15) is 13.2 Å². The third kappa shape index (κ3) is 4.77. The van der Waals surface area contributed by atoms with Gasteiger partial charge in [-0.05, 0) is 56.9 Å². The molecule has 11 heteroatoms. The Morgan fingerprint density at radius 3 is 2.74 bits per heavy atom. The number of nitrogens with zero attached hydrogens (tertiary/aromatic N) is 4. The van der Waals surface area contributed by atoms with E-state index >= 15 is 0 Å². The van der Waals surface area contributed by atoms with Crippen molar-refractivity contribution in [1.82, 2.24) is 19.9 Å². The van der Waals surface area contributed by atoms with E-state index in [4.69, 9.17) is 4.74 Å². The number of alkyl halides is 3. The quantitative estimate of drug-likeness (QED) is 0.471. The topological polar surface area (TPSA) is 80.2 Å². The molecule has 3 aromatic rings. The van der Waals surface area contributed by atoms with Crippen LogP contribution in [-0.4, -0.2) is 51.5 Å². The van der Waals surface area contributed by atoms with Gasteiger partial charge in [0, 0.05) is 36.0 Å². The normalized spacial score (nSPS) is 19.7. The number of hydrogen-bond acceptors (Lipinski definition) is 6. The summed E-state index contributed by atoms with van der Waals surface area (Å²) in [6.07, 6.45) is -1.41. The van der Waals surface area contributed by atoms with Crippen LogP contribution in [0.25, 0.3) is 11.3 Å². The average molecular weight is 530 g/mol. The molecule has 1 amide bonds. The second-order valence-electron chi connectivity index (χ2n) is 9.92. The standard InChI is InChI=1S/C27H27F4N5O2/c1-15(18-12-23(38-3)32-13-20(18)28)25(37)36-10-9-26(14-36)8-7-17-11-19(16(2)33-24(17)35-26)21-5-4-6-22(34-21)27(29,30)31/h4-6,11-13,15H,7-10,14H2,1-3H3,(H,33,35)/t15-,26+/m1/s1. The van der Waals surface area contributed by atoms with Gasteiger partial charge in [0.25, 0.3) is 0 Å². The zero-order chi connectivity index (χ0) is 27.2. The summed E-state index contributed by atoms with van der Waals surface area (Å²) in [5.74, 6) is -0.545. The molecule has 1 fully saturated rings. The zero-order valence-electron chi connectivity index (χ0n) is 21.2. The van der Waals surface area contributed by atoms with Gasteiger partial charge in [-0.1, -0.05) is 6.07 Å². The van der Waals surface area contributed by atoms with Crippen LogP contribution in [0.1, 0.15) is 48.2 Å². The van der Waals surface area contributed by atoms with Crippen LogP contribution in [0.4, 0.5) is 23.4 Å². The number of carbonyl (C=O) groups is 1. The summed E-state index contributed by atoms with van der Waals surface area (Å²) in [4.78, 5) is 27.4. The first-order valence-electron chi connectivity index (χ1n) is 12.3. The fraction of sp³-hybridized carbons (Fsp3) is 0.407. The fourth-order valence-corrected chi connectivity index (χ4v) is 5.29. The summed E-state index contributed by atoms with van der Waals surface area (Å²) < 4.78 is 59.0. The number of rotatable bonds is 4. The molecule has 200 valence electrons. The first-order valence-corrected chi connectivity index (χ1v) is 12.3. The van der Waals surface area contributed by atoms with Crippen LogP contribution >= 0.6 is 0 Å². The van der Waals surface area contributed by atoms with Crippen LogP contribution in [0.5, 0.6) is 5.88 Å². The smallest absolute Gasteiger partial charge is 0.433 e. The Bertz CT molecular complexity index is 1400. The van der Waals surface area contributed by atoms with Crippen LogP contribution in [0.15, 0.2) is 36.5 Å². The van der Waals surface area contributed by atoms with Gasteiger partial charge in [0.2, 0.25) is 11.8 Å². The number of aryl methyl sites for hydroxylation is 2. The molecule has 0 unspecified atom stereocenters. The maximum Gasteiger partial charge on any atom is 0.433 e. The van der Waals surface area contributed by atoms with E-state index in [1.807, 2.05) is 6.07 Å². The Morgan fingerprint density at radius 2 is 2.00 bits per heavy atom. The summed E-state index contributed by atoms with van der Waals surface area (Å²) in [7, 11) is 1.43. The number of nitrogens with one attached hydrogen (secondary N) is 1. The minimum Gasteiger partial charge on any atom is -0.481 e. The lowest BCUT2D eigenvalue weighted by atomic mass is 9.86. The minimum absolute atomic E-state index is 0.184. The molecular formula is C27H27F4N5O2. The predicted octanol–water partition coefficient (Wildman–Crippen LogP) is 5.15. The number of amides is 1. The number of ether oxygens (including phenoxy) is 1. The van der Waals surface area contributed by atoms with E-state index in [0.29, 0.717) is 43.0 Å². The van der Waals surface area contributed by atoms with E-state index < -0.39 is 23.6 Å². The molecule has 3 aromatic heterocycles.